The van der Waals surface area contributed by atoms with E-state index in [4.69, 9.17) is 4.98 Å². The summed E-state index contributed by atoms with van der Waals surface area (Å²) in [7, 11) is 0. The van der Waals surface area contributed by atoms with E-state index < -0.39 is 0 Å². The average Bonchev–Trinajstić information content (AvgIpc) is 3.19. The summed E-state index contributed by atoms with van der Waals surface area (Å²) in [6.45, 7) is 3.07. The second-order valence-corrected chi connectivity index (χ2v) is 6.81. The van der Waals surface area contributed by atoms with Crippen molar-refractivity contribution in [3.8, 4) is 11.4 Å². The number of para-hydroxylation sites is 2. The zero-order valence-corrected chi connectivity index (χ0v) is 14.0. The minimum Gasteiger partial charge on any atom is -0.324 e. The molecule has 0 spiro atoms. The molecule has 2 aromatic carbocycles. The molecule has 0 fully saturated rings. The molecule has 0 atom stereocenters. The molecule has 5 aromatic rings. The van der Waals surface area contributed by atoms with Crippen molar-refractivity contribution < 1.29 is 0 Å². The number of hydrogen-bond donors (Lipinski definition) is 0. The fourth-order valence-electron chi connectivity index (χ4n) is 3.41. The Labute approximate surface area is 143 Å². The van der Waals surface area contributed by atoms with Crippen LogP contribution in [0.3, 0.4) is 0 Å². The fraction of sp³-hybridized carbons (Fsp3) is 0.100. The van der Waals surface area contributed by atoms with E-state index in [1.807, 2.05) is 18.3 Å². The molecular weight excluding hydrogens is 314 g/mol. The third kappa shape index (κ3) is 1.83. The predicted octanol–water partition coefficient (Wildman–Crippen LogP) is 5.49. The number of aromatic nitrogens is 3. The summed E-state index contributed by atoms with van der Waals surface area (Å²) in [5, 5.41) is 2.48. The maximum absolute atomic E-state index is 4.92. The van der Waals surface area contributed by atoms with Gasteiger partial charge in [-0.3, -0.25) is 0 Å². The molecule has 0 radical (unpaired) electrons. The summed E-state index contributed by atoms with van der Waals surface area (Å²) in [6.07, 6.45) is 1.86. The van der Waals surface area contributed by atoms with Crippen molar-refractivity contribution in [3.63, 3.8) is 0 Å². The highest BCUT2D eigenvalue weighted by molar-refractivity contribution is 7.26. The number of fused-ring (bicyclic) bond motifs is 4. The average molecular weight is 329 g/mol. The molecule has 116 valence electrons. The summed E-state index contributed by atoms with van der Waals surface area (Å²) in [4.78, 5) is 10.5. The summed E-state index contributed by atoms with van der Waals surface area (Å²) < 4.78 is 3.55. The van der Waals surface area contributed by atoms with Gasteiger partial charge in [0.15, 0.2) is 0 Å². The lowest BCUT2D eigenvalue weighted by Gasteiger charge is -2.07. The van der Waals surface area contributed by atoms with E-state index in [0.717, 1.165) is 22.7 Å². The van der Waals surface area contributed by atoms with Crippen LogP contribution in [0.4, 0.5) is 0 Å². The standard InChI is InChI=1S/C20H15N3S/c1-2-23-17-11-4-3-10-16(17)22-19(23)15-8-5-7-13-14-9-6-12-21-20(14)24-18(13)15/h3-12H,2H2,1H3. The number of rotatable bonds is 2. The topological polar surface area (TPSA) is 30.7 Å². The number of aryl methyl sites for hydroxylation is 1. The molecule has 24 heavy (non-hydrogen) atoms. The van der Waals surface area contributed by atoms with Crippen molar-refractivity contribution in [3.05, 3.63) is 60.8 Å². The van der Waals surface area contributed by atoms with Crippen molar-refractivity contribution in [1.29, 1.82) is 0 Å². The third-order valence-electron chi connectivity index (χ3n) is 4.49. The maximum atomic E-state index is 4.92. The Kier molecular flexibility index (Phi) is 2.94. The smallest absolute Gasteiger partial charge is 0.142 e. The zero-order valence-electron chi connectivity index (χ0n) is 13.2. The van der Waals surface area contributed by atoms with Crippen LogP contribution in [0.1, 0.15) is 6.92 Å². The van der Waals surface area contributed by atoms with Gasteiger partial charge >= 0.3 is 0 Å². The highest BCUT2D eigenvalue weighted by Gasteiger charge is 2.16. The van der Waals surface area contributed by atoms with Crippen molar-refractivity contribution in [1.82, 2.24) is 14.5 Å². The van der Waals surface area contributed by atoms with E-state index in [1.54, 1.807) is 11.3 Å². The molecule has 0 bridgehead atoms. The van der Waals surface area contributed by atoms with Gasteiger partial charge in [0, 0.05) is 33.8 Å². The molecule has 0 saturated heterocycles. The van der Waals surface area contributed by atoms with E-state index in [0.29, 0.717) is 0 Å². The quantitative estimate of drug-likeness (QED) is 0.429. The fourth-order valence-corrected chi connectivity index (χ4v) is 4.56. The van der Waals surface area contributed by atoms with E-state index in [1.165, 1.54) is 26.6 Å². The second-order valence-electron chi connectivity index (χ2n) is 5.81. The Morgan fingerprint density at radius 3 is 2.75 bits per heavy atom. The third-order valence-corrected chi connectivity index (χ3v) is 5.65. The molecule has 0 aliphatic carbocycles. The van der Waals surface area contributed by atoms with Gasteiger partial charge < -0.3 is 4.57 Å². The Morgan fingerprint density at radius 2 is 1.83 bits per heavy atom. The summed E-state index contributed by atoms with van der Waals surface area (Å²) in [5.74, 6) is 1.04. The predicted molar refractivity (Wildman–Crippen MR) is 102 cm³/mol. The van der Waals surface area contributed by atoms with Crippen LogP contribution >= 0.6 is 11.3 Å². The first-order valence-corrected chi connectivity index (χ1v) is 8.90. The molecule has 0 aliphatic rings. The summed E-state index contributed by atoms with van der Waals surface area (Å²) >= 11 is 1.75. The minimum absolute atomic E-state index is 0.898. The molecule has 3 heterocycles. The zero-order chi connectivity index (χ0) is 16.1. The van der Waals surface area contributed by atoms with E-state index in [9.17, 15) is 0 Å². The number of pyridine rings is 1. The number of hydrogen-bond acceptors (Lipinski definition) is 3. The van der Waals surface area contributed by atoms with Crippen molar-refractivity contribution in [2.24, 2.45) is 0 Å². The Bertz CT molecular complexity index is 1200. The summed E-state index contributed by atoms with van der Waals surface area (Å²) in [5.41, 5.74) is 3.42. The molecule has 4 heteroatoms. The monoisotopic (exact) mass is 329 g/mol. The Hall–Kier alpha value is -2.72. The highest BCUT2D eigenvalue weighted by Crippen LogP contribution is 2.39. The first-order valence-electron chi connectivity index (χ1n) is 8.08. The van der Waals surface area contributed by atoms with Gasteiger partial charge in [-0.05, 0) is 37.3 Å². The Balaban J connectivity index is 1.90. The van der Waals surface area contributed by atoms with Crippen molar-refractivity contribution in [2.75, 3.05) is 0 Å². The summed E-state index contributed by atoms with van der Waals surface area (Å²) in [6, 6.07) is 19.0. The van der Waals surface area contributed by atoms with Crippen LogP contribution < -0.4 is 0 Å². The minimum atomic E-state index is 0.898. The largest absolute Gasteiger partial charge is 0.324 e. The molecule has 0 saturated carbocycles. The van der Waals surface area contributed by atoms with Gasteiger partial charge in [-0.15, -0.1) is 11.3 Å². The van der Waals surface area contributed by atoms with Crippen molar-refractivity contribution in [2.45, 2.75) is 13.5 Å². The van der Waals surface area contributed by atoms with Gasteiger partial charge in [-0.25, -0.2) is 9.97 Å². The van der Waals surface area contributed by atoms with Gasteiger partial charge in [0.25, 0.3) is 0 Å². The number of imidazole rings is 1. The molecule has 0 N–H and O–H groups in total. The van der Waals surface area contributed by atoms with E-state index in [-0.39, 0.29) is 0 Å². The molecule has 3 aromatic heterocycles. The van der Waals surface area contributed by atoms with Gasteiger partial charge in [-0.2, -0.15) is 0 Å². The van der Waals surface area contributed by atoms with Crippen molar-refractivity contribution >= 4 is 42.7 Å². The maximum Gasteiger partial charge on any atom is 0.142 e. The lowest BCUT2D eigenvalue weighted by molar-refractivity contribution is 0.797. The SMILES string of the molecule is CCn1c(-c2cccc3c2sc2ncccc23)nc2ccccc21. The molecule has 3 nitrogen and oxygen atoms in total. The first-order chi connectivity index (χ1) is 11.9. The van der Waals surface area contributed by atoms with Crippen LogP contribution in [0.5, 0.6) is 0 Å². The van der Waals surface area contributed by atoms with Crippen LogP contribution in [0.15, 0.2) is 60.8 Å². The molecule has 0 aliphatic heterocycles. The molecular formula is C20H15N3S. The van der Waals surface area contributed by atoms with Gasteiger partial charge in [-0.1, -0.05) is 24.3 Å². The molecule has 0 amide bonds. The normalized spacial score (nSPS) is 11.7. The van der Waals surface area contributed by atoms with Crippen LogP contribution in [0.25, 0.3) is 42.7 Å². The number of benzene rings is 2. The van der Waals surface area contributed by atoms with Crippen LogP contribution in [0.2, 0.25) is 0 Å². The van der Waals surface area contributed by atoms with Crippen LogP contribution in [0, 0.1) is 0 Å². The highest BCUT2D eigenvalue weighted by atomic mass is 32.1. The molecule has 0 unspecified atom stereocenters. The molecule has 5 rings (SSSR count). The lowest BCUT2D eigenvalue weighted by Crippen LogP contribution is -1.97. The first kappa shape index (κ1) is 13.7. The number of thiophene rings is 1. The van der Waals surface area contributed by atoms with E-state index >= 15 is 0 Å². The van der Waals surface area contributed by atoms with Gasteiger partial charge in [0.05, 0.1) is 11.0 Å². The van der Waals surface area contributed by atoms with E-state index in [2.05, 4.69) is 58.9 Å². The van der Waals surface area contributed by atoms with Gasteiger partial charge in [0.1, 0.15) is 10.7 Å². The second kappa shape index (κ2) is 5.14. The Morgan fingerprint density at radius 1 is 0.958 bits per heavy atom. The lowest BCUT2D eigenvalue weighted by atomic mass is 10.1. The number of nitrogens with zero attached hydrogens (tertiary/aromatic N) is 3. The van der Waals surface area contributed by atoms with Crippen LogP contribution in [-0.2, 0) is 6.54 Å². The van der Waals surface area contributed by atoms with Gasteiger partial charge in [0.2, 0.25) is 0 Å². The van der Waals surface area contributed by atoms with Crippen LogP contribution in [-0.4, -0.2) is 14.5 Å².